The van der Waals surface area contributed by atoms with Gasteiger partial charge in [-0.2, -0.15) is 5.10 Å². The minimum absolute atomic E-state index is 0.153. The summed E-state index contributed by atoms with van der Waals surface area (Å²) in [5.74, 6) is -0.234. The van der Waals surface area contributed by atoms with Crippen LogP contribution in [0.15, 0.2) is 0 Å². The zero-order valence-electron chi connectivity index (χ0n) is 6.13. The number of nitrogens with one attached hydrogen (secondary N) is 1. The second-order valence-electron chi connectivity index (χ2n) is 2.79. The SMILES string of the molecule is FC(F)c1n[nH]c(=S)n1C1CC1. The molecule has 6 heteroatoms. The van der Waals surface area contributed by atoms with Crippen molar-refractivity contribution in [1.82, 2.24) is 14.8 Å². The lowest BCUT2D eigenvalue weighted by Crippen LogP contribution is -2.01. The molecule has 0 saturated heterocycles. The van der Waals surface area contributed by atoms with Crippen molar-refractivity contribution in [2.24, 2.45) is 0 Å². The van der Waals surface area contributed by atoms with Crippen molar-refractivity contribution in [2.45, 2.75) is 25.3 Å². The van der Waals surface area contributed by atoms with Crippen molar-refractivity contribution in [3.8, 4) is 0 Å². The predicted octanol–water partition coefficient (Wildman–Crippen LogP) is 2.21. The first kappa shape index (κ1) is 7.85. The van der Waals surface area contributed by atoms with Gasteiger partial charge in [0, 0.05) is 6.04 Å². The van der Waals surface area contributed by atoms with Gasteiger partial charge < -0.3 is 0 Å². The Hall–Kier alpha value is -0.780. The van der Waals surface area contributed by atoms with E-state index in [1.165, 1.54) is 4.57 Å². The second-order valence-corrected chi connectivity index (χ2v) is 3.18. The van der Waals surface area contributed by atoms with Crippen molar-refractivity contribution < 1.29 is 8.78 Å². The monoisotopic (exact) mass is 191 g/mol. The molecule has 0 bridgehead atoms. The standard InChI is InChI=1S/C6H7F2N3S/c7-4(8)5-9-10-6(12)11(5)3-1-2-3/h3-4H,1-2H2,(H,10,12). The van der Waals surface area contributed by atoms with Crippen LogP contribution < -0.4 is 0 Å². The predicted molar refractivity (Wildman–Crippen MR) is 40.6 cm³/mol. The smallest absolute Gasteiger partial charge is 0.296 e. The Morgan fingerprint density at radius 3 is 2.75 bits per heavy atom. The van der Waals surface area contributed by atoms with E-state index in [0.717, 1.165) is 12.8 Å². The summed E-state index contributed by atoms with van der Waals surface area (Å²) in [7, 11) is 0. The van der Waals surface area contributed by atoms with Crippen LogP contribution in [0.2, 0.25) is 0 Å². The van der Waals surface area contributed by atoms with Crippen LogP contribution in [-0.4, -0.2) is 14.8 Å². The highest BCUT2D eigenvalue weighted by atomic mass is 32.1. The minimum atomic E-state index is -2.54. The molecule has 0 amide bonds. The van der Waals surface area contributed by atoms with Crippen LogP contribution in [0.1, 0.15) is 31.1 Å². The molecule has 0 atom stereocenters. The molecule has 1 aromatic heterocycles. The van der Waals surface area contributed by atoms with Gasteiger partial charge in [0.25, 0.3) is 6.43 Å². The van der Waals surface area contributed by atoms with E-state index in [2.05, 4.69) is 10.2 Å². The fourth-order valence-corrected chi connectivity index (χ4v) is 1.44. The van der Waals surface area contributed by atoms with Crippen LogP contribution in [0.5, 0.6) is 0 Å². The molecule has 1 aliphatic carbocycles. The first-order valence-corrected chi connectivity index (χ1v) is 4.06. The van der Waals surface area contributed by atoms with Crippen LogP contribution in [0.4, 0.5) is 8.78 Å². The number of hydrogen-bond donors (Lipinski definition) is 1. The molecule has 1 heterocycles. The molecule has 3 nitrogen and oxygen atoms in total. The van der Waals surface area contributed by atoms with E-state index in [4.69, 9.17) is 12.2 Å². The number of nitrogens with zero attached hydrogens (tertiary/aromatic N) is 2. The Balaban J connectivity index is 2.46. The average Bonchev–Trinajstić information content (AvgIpc) is 2.75. The van der Waals surface area contributed by atoms with Gasteiger partial charge in [0.05, 0.1) is 0 Å². The molecule has 66 valence electrons. The summed E-state index contributed by atoms with van der Waals surface area (Å²) in [5, 5.41) is 5.85. The second kappa shape index (κ2) is 2.62. The Morgan fingerprint density at radius 2 is 2.25 bits per heavy atom. The molecule has 1 aliphatic rings. The van der Waals surface area contributed by atoms with Crippen LogP contribution in [-0.2, 0) is 0 Å². The Labute approximate surface area is 72.4 Å². The van der Waals surface area contributed by atoms with Crippen molar-refractivity contribution in [1.29, 1.82) is 0 Å². The highest BCUT2D eigenvalue weighted by molar-refractivity contribution is 7.71. The molecule has 2 rings (SSSR count). The first-order valence-electron chi connectivity index (χ1n) is 3.65. The molecule has 1 aromatic rings. The molecule has 1 saturated carbocycles. The molecule has 0 unspecified atom stereocenters. The van der Waals surface area contributed by atoms with Crippen LogP contribution in [0.25, 0.3) is 0 Å². The van der Waals surface area contributed by atoms with Gasteiger partial charge in [0.15, 0.2) is 10.6 Å². The van der Waals surface area contributed by atoms with Gasteiger partial charge in [-0.15, -0.1) is 0 Å². The van der Waals surface area contributed by atoms with Crippen LogP contribution >= 0.6 is 12.2 Å². The summed E-state index contributed by atoms with van der Waals surface area (Å²) in [4.78, 5) is 0. The summed E-state index contributed by atoms with van der Waals surface area (Å²) >= 11 is 4.82. The first-order chi connectivity index (χ1) is 5.70. The number of halogens is 2. The fraction of sp³-hybridized carbons (Fsp3) is 0.667. The van der Waals surface area contributed by atoms with Crippen molar-refractivity contribution in [3.05, 3.63) is 10.6 Å². The quantitative estimate of drug-likeness (QED) is 0.727. The Kier molecular flexibility index (Phi) is 1.71. The molecule has 1 N–H and O–H groups in total. The topological polar surface area (TPSA) is 33.6 Å². The molecule has 12 heavy (non-hydrogen) atoms. The highest BCUT2D eigenvalue weighted by Crippen LogP contribution is 2.37. The average molecular weight is 191 g/mol. The molecular formula is C6H7F2N3S. The van der Waals surface area contributed by atoms with Gasteiger partial charge in [0.2, 0.25) is 0 Å². The van der Waals surface area contributed by atoms with Crippen molar-refractivity contribution >= 4 is 12.2 Å². The maximum absolute atomic E-state index is 12.3. The van der Waals surface area contributed by atoms with E-state index in [1.807, 2.05) is 0 Å². The van der Waals surface area contributed by atoms with Gasteiger partial charge >= 0.3 is 0 Å². The third kappa shape index (κ3) is 1.16. The van der Waals surface area contributed by atoms with Crippen LogP contribution in [0.3, 0.4) is 0 Å². The Morgan fingerprint density at radius 1 is 1.58 bits per heavy atom. The summed E-state index contributed by atoms with van der Waals surface area (Å²) in [5.41, 5.74) is 0. The number of aromatic amines is 1. The van der Waals surface area contributed by atoms with Gasteiger partial charge in [-0.05, 0) is 25.1 Å². The summed E-state index contributed by atoms with van der Waals surface area (Å²) in [6.45, 7) is 0. The van der Waals surface area contributed by atoms with Gasteiger partial charge in [0.1, 0.15) is 0 Å². The highest BCUT2D eigenvalue weighted by Gasteiger charge is 2.29. The maximum Gasteiger partial charge on any atom is 0.297 e. The molecule has 0 spiro atoms. The lowest BCUT2D eigenvalue weighted by Gasteiger charge is -2.01. The van der Waals surface area contributed by atoms with Crippen molar-refractivity contribution in [3.63, 3.8) is 0 Å². The number of hydrogen-bond acceptors (Lipinski definition) is 2. The zero-order valence-corrected chi connectivity index (χ0v) is 6.94. The molecule has 0 radical (unpaired) electrons. The largest absolute Gasteiger partial charge is 0.297 e. The van der Waals surface area contributed by atoms with E-state index < -0.39 is 6.43 Å². The number of rotatable bonds is 2. The molecule has 0 aromatic carbocycles. The molecule has 0 aliphatic heterocycles. The summed E-state index contributed by atoms with van der Waals surface area (Å²) in [6, 6.07) is 0.153. The van der Waals surface area contributed by atoms with E-state index >= 15 is 0 Å². The lowest BCUT2D eigenvalue weighted by atomic mass is 10.5. The van der Waals surface area contributed by atoms with E-state index in [-0.39, 0.29) is 11.9 Å². The van der Waals surface area contributed by atoms with Gasteiger partial charge in [-0.25, -0.2) is 8.78 Å². The summed E-state index contributed by atoms with van der Waals surface area (Å²) < 4.78 is 26.3. The molecule has 1 fully saturated rings. The fourth-order valence-electron chi connectivity index (χ4n) is 1.16. The Bertz CT molecular complexity index is 339. The maximum atomic E-state index is 12.3. The summed E-state index contributed by atoms with van der Waals surface area (Å²) in [6.07, 6.45) is -0.695. The molecular weight excluding hydrogens is 184 g/mol. The normalized spacial score (nSPS) is 17.2. The van der Waals surface area contributed by atoms with Gasteiger partial charge in [-0.3, -0.25) is 9.67 Å². The number of alkyl halides is 2. The van der Waals surface area contributed by atoms with Gasteiger partial charge in [-0.1, -0.05) is 0 Å². The number of aromatic nitrogens is 3. The van der Waals surface area contributed by atoms with E-state index in [1.54, 1.807) is 0 Å². The van der Waals surface area contributed by atoms with Crippen molar-refractivity contribution in [2.75, 3.05) is 0 Å². The third-order valence-corrected chi connectivity index (χ3v) is 2.13. The van der Waals surface area contributed by atoms with E-state index in [0.29, 0.717) is 4.77 Å². The lowest BCUT2D eigenvalue weighted by molar-refractivity contribution is 0.134. The minimum Gasteiger partial charge on any atom is -0.296 e. The zero-order chi connectivity index (χ0) is 8.72. The number of H-pyrrole nitrogens is 1. The van der Waals surface area contributed by atoms with E-state index in [9.17, 15) is 8.78 Å². The van der Waals surface area contributed by atoms with Crippen LogP contribution in [0, 0.1) is 4.77 Å². The third-order valence-electron chi connectivity index (χ3n) is 1.84.